The van der Waals surface area contributed by atoms with Crippen molar-refractivity contribution in [1.29, 1.82) is 0 Å². The average molecular weight is 300 g/mol. The van der Waals surface area contributed by atoms with E-state index in [1.54, 1.807) is 36.4 Å². The number of ether oxygens (including phenoxy) is 2. The number of ketones is 1. The molecule has 0 unspecified atom stereocenters. The molecule has 0 spiro atoms. The largest absolute Gasteiger partial charge is 0.507 e. The van der Waals surface area contributed by atoms with Crippen LogP contribution in [0, 0.1) is 0 Å². The van der Waals surface area contributed by atoms with Crippen LogP contribution in [0.1, 0.15) is 36.7 Å². The number of phenolic OH excluding ortho intramolecular Hbond substituents is 1. The molecule has 0 fully saturated rings. The maximum absolute atomic E-state index is 12.4. The third-order valence-electron chi connectivity index (χ3n) is 2.99. The first-order chi connectivity index (χ1) is 10.3. The number of hydrogen-bond acceptors (Lipinski definition) is 4. The van der Waals surface area contributed by atoms with Crippen LogP contribution in [0.3, 0.4) is 0 Å². The van der Waals surface area contributed by atoms with Crippen molar-refractivity contribution in [3.63, 3.8) is 0 Å². The molecule has 116 valence electrons. The molecule has 1 N–H and O–H groups in total. The van der Waals surface area contributed by atoms with Crippen molar-refractivity contribution in [3.05, 3.63) is 53.6 Å². The number of phenols is 1. The number of aromatic hydroxyl groups is 1. The van der Waals surface area contributed by atoms with E-state index in [9.17, 15) is 9.90 Å². The summed E-state index contributed by atoms with van der Waals surface area (Å²) >= 11 is 0. The fourth-order valence-electron chi connectivity index (χ4n) is 2.01. The van der Waals surface area contributed by atoms with Gasteiger partial charge in [-0.15, -0.1) is 0 Å². The summed E-state index contributed by atoms with van der Waals surface area (Å²) in [5.74, 6) is 0.854. The first-order valence-electron chi connectivity index (χ1n) is 7.01. The topological polar surface area (TPSA) is 55.8 Å². The zero-order chi connectivity index (χ0) is 16.3. The van der Waals surface area contributed by atoms with Crippen molar-refractivity contribution in [3.8, 4) is 17.2 Å². The van der Waals surface area contributed by atoms with Gasteiger partial charge < -0.3 is 14.6 Å². The molecule has 0 heterocycles. The van der Waals surface area contributed by atoms with E-state index in [1.165, 1.54) is 13.2 Å². The van der Waals surface area contributed by atoms with Crippen LogP contribution >= 0.6 is 0 Å². The van der Waals surface area contributed by atoms with Gasteiger partial charge in [-0.2, -0.15) is 0 Å². The Morgan fingerprint density at radius 3 is 2.09 bits per heavy atom. The quantitative estimate of drug-likeness (QED) is 0.872. The van der Waals surface area contributed by atoms with E-state index in [4.69, 9.17) is 9.47 Å². The highest BCUT2D eigenvalue weighted by atomic mass is 16.5. The highest BCUT2D eigenvalue weighted by Crippen LogP contribution is 2.26. The standard InChI is InChI=1S/C18H20O4/c1-18(2,3)22-13-7-5-12(6-8-13)17(20)15-10-9-14(21-4)11-16(15)19/h5-11,19H,1-4H3. The van der Waals surface area contributed by atoms with Gasteiger partial charge in [-0.3, -0.25) is 4.79 Å². The van der Waals surface area contributed by atoms with Crippen molar-refractivity contribution < 1.29 is 19.4 Å². The molecule has 0 atom stereocenters. The molecule has 0 aliphatic carbocycles. The van der Waals surface area contributed by atoms with Gasteiger partial charge in [0.05, 0.1) is 12.7 Å². The molecular formula is C18H20O4. The lowest BCUT2D eigenvalue weighted by Crippen LogP contribution is -2.22. The lowest BCUT2D eigenvalue weighted by atomic mass is 10.0. The lowest BCUT2D eigenvalue weighted by molar-refractivity contribution is 0.103. The molecular weight excluding hydrogens is 280 g/mol. The van der Waals surface area contributed by atoms with Crippen LogP contribution in [-0.4, -0.2) is 23.6 Å². The van der Waals surface area contributed by atoms with Crippen molar-refractivity contribution in [2.24, 2.45) is 0 Å². The summed E-state index contributed by atoms with van der Waals surface area (Å²) in [6.45, 7) is 5.88. The van der Waals surface area contributed by atoms with E-state index >= 15 is 0 Å². The summed E-state index contributed by atoms with van der Waals surface area (Å²) in [5.41, 5.74) is 0.437. The summed E-state index contributed by atoms with van der Waals surface area (Å²) in [6.07, 6.45) is 0. The van der Waals surface area contributed by atoms with E-state index in [-0.39, 0.29) is 22.7 Å². The minimum absolute atomic E-state index is 0.0978. The highest BCUT2D eigenvalue weighted by molar-refractivity contribution is 6.10. The molecule has 4 heteroatoms. The van der Waals surface area contributed by atoms with Crippen LogP contribution in [0.2, 0.25) is 0 Å². The van der Waals surface area contributed by atoms with E-state index in [1.807, 2.05) is 20.8 Å². The van der Waals surface area contributed by atoms with Gasteiger partial charge in [0.15, 0.2) is 5.78 Å². The molecule has 0 radical (unpaired) electrons. The minimum Gasteiger partial charge on any atom is -0.507 e. The Balaban J connectivity index is 2.23. The van der Waals surface area contributed by atoms with Crippen LogP contribution in [0.4, 0.5) is 0 Å². The molecule has 2 aromatic rings. The smallest absolute Gasteiger partial charge is 0.196 e. The number of carbonyl (C=O) groups excluding carboxylic acids is 1. The maximum atomic E-state index is 12.4. The minimum atomic E-state index is -0.292. The monoisotopic (exact) mass is 300 g/mol. The van der Waals surface area contributed by atoms with Crippen LogP contribution in [0.25, 0.3) is 0 Å². The first-order valence-corrected chi connectivity index (χ1v) is 7.01. The molecule has 22 heavy (non-hydrogen) atoms. The van der Waals surface area contributed by atoms with Gasteiger partial charge in [-0.1, -0.05) is 0 Å². The van der Waals surface area contributed by atoms with E-state index < -0.39 is 0 Å². The Kier molecular flexibility index (Phi) is 4.40. The molecule has 4 nitrogen and oxygen atoms in total. The fourth-order valence-corrected chi connectivity index (χ4v) is 2.01. The molecule has 0 aliphatic heterocycles. The van der Waals surface area contributed by atoms with E-state index in [2.05, 4.69) is 0 Å². The summed E-state index contributed by atoms with van der Waals surface area (Å²) in [6, 6.07) is 11.5. The predicted molar refractivity (Wildman–Crippen MR) is 84.9 cm³/mol. The second-order valence-corrected chi connectivity index (χ2v) is 5.95. The van der Waals surface area contributed by atoms with Crippen LogP contribution in [0.5, 0.6) is 17.2 Å². The number of methoxy groups -OCH3 is 1. The Morgan fingerprint density at radius 2 is 1.59 bits per heavy atom. The van der Waals surface area contributed by atoms with Crippen LogP contribution < -0.4 is 9.47 Å². The molecule has 0 amide bonds. The number of benzene rings is 2. The summed E-state index contributed by atoms with van der Waals surface area (Å²) in [4.78, 5) is 12.4. The van der Waals surface area contributed by atoms with E-state index in [0.29, 0.717) is 17.1 Å². The summed E-state index contributed by atoms with van der Waals surface area (Å²) in [5, 5.41) is 9.94. The zero-order valence-electron chi connectivity index (χ0n) is 13.2. The molecule has 0 bridgehead atoms. The van der Waals surface area contributed by atoms with Crippen LogP contribution in [-0.2, 0) is 0 Å². The van der Waals surface area contributed by atoms with Crippen LogP contribution in [0.15, 0.2) is 42.5 Å². The van der Waals surface area contributed by atoms with Crippen molar-refractivity contribution in [2.45, 2.75) is 26.4 Å². The maximum Gasteiger partial charge on any atom is 0.196 e. The second-order valence-electron chi connectivity index (χ2n) is 5.95. The van der Waals surface area contributed by atoms with Gasteiger partial charge in [0.25, 0.3) is 0 Å². The van der Waals surface area contributed by atoms with Gasteiger partial charge in [-0.25, -0.2) is 0 Å². The Bertz CT molecular complexity index is 666. The zero-order valence-corrected chi connectivity index (χ0v) is 13.2. The fraction of sp³-hybridized carbons (Fsp3) is 0.278. The van der Waals surface area contributed by atoms with E-state index in [0.717, 1.165) is 0 Å². The van der Waals surface area contributed by atoms with Gasteiger partial charge in [0, 0.05) is 11.6 Å². The molecule has 0 saturated carbocycles. The predicted octanol–water partition coefficient (Wildman–Crippen LogP) is 3.81. The summed E-state index contributed by atoms with van der Waals surface area (Å²) in [7, 11) is 1.50. The number of carbonyl (C=O) groups is 1. The third kappa shape index (κ3) is 3.79. The van der Waals surface area contributed by atoms with Crippen molar-refractivity contribution in [2.75, 3.05) is 7.11 Å². The molecule has 0 aliphatic rings. The summed E-state index contributed by atoms with van der Waals surface area (Å²) < 4.78 is 10.7. The SMILES string of the molecule is COc1ccc(C(=O)c2ccc(OC(C)(C)C)cc2)c(O)c1. The number of hydrogen-bond donors (Lipinski definition) is 1. The lowest BCUT2D eigenvalue weighted by Gasteiger charge is -2.21. The van der Waals surface area contributed by atoms with Gasteiger partial charge in [0.2, 0.25) is 0 Å². The van der Waals surface area contributed by atoms with Crippen molar-refractivity contribution >= 4 is 5.78 Å². The first kappa shape index (κ1) is 15.9. The highest BCUT2D eigenvalue weighted by Gasteiger charge is 2.16. The average Bonchev–Trinajstić information content (AvgIpc) is 2.45. The number of rotatable bonds is 4. The van der Waals surface area contributed by atoms with Gasteiger partial charge in [-0.05, 0) is 57.2 Å². The normalized spacial score (nSPS) is 11.1. The van der Waals surface area contributed by atoms with Gasteiger partial charge in [0.1, 0.15) is 22.8 Å². The third-order valence-corrected chi connectivity index (χ3v) is 2.99. The molecule has 2 aromatic carbocycles. The second kappa shape index (κ2) is 6.10. The molecule has 0 saturated heterocycles. The van der Waals surface area contributed by atoms with Crippen molar-refractivity contribution in [1.82, 2.24) is 0 Å². The Hall–Kier alpha value is -2.49. The molecule has 2 rings (SSSR count). The Morgan fingerprint density at radius 1 is 1.00 bits per heavy atom. The molecule has 0 aromatic heterocycles. The Labute approximate surface area is 130 Å². The van der Waals surface area contributed by atoms with Gasteiger partial charge >= 0.3 is 0 Å².